The van der Waals surface area contributed by atoms with Crippen molar-refractivity contribution in [2.45, 2.75) is 13.0 Å². The van der Waals surface area contributed by atoms with Gasteiger partial charge >= 0.3 is 5.97 Å². The minimum atomic E-state index is -1.02. The van der Waals surface area contributed by atoms with Gasteiger partial charge < -0.3 is 14.4 Å². The van der Waals surface area contributed by atoms with E-state index in [4.69, 9.17) is 9.47 Å². The van der Waals surface area contributed by atoms with Gasteiger partial charge in [-0.15, -0.1) is 0 Å². The fourth-order valence-electron chi connectivity index (χ4n) is 2.50. The number of aromatic nitrogens is 2. The number of carbonyl (C=O) groups is 2. The van der Waals surface area contributed by atoms with E-state index in [-0.39, 0.29) is 11.6 Å². The number of hydrogen-bond donors (Lipinski definition) is 0. The average molecular weight is 341 g/mol. The molecule has 1 aliphatic rings. The quantitative estimate of drug-likeness (QED) is 0.785. The lowest BCUT2D eigenvalue weighted by Crippen LogP contribution is -2.44. The third kappa shape index (κ3) is 4.19. The predicted octanol–water partition coefficient (Wildman–Crippen LogP) is 1.54. The van der Waals surface area contributed by atoms with Crippen LogP contribution in [-0.2, 0) is 14.3 Å². The van der Waals surface area contributed by atoms with Gasteiger partial charge in [0.2, 0.25) is 6.10 Å². The van der Waals surface area contributed by atoms with Crippen LogP contribution in [0.1, 0.15) is 27.8 Å². The lowest BCUT2D eigenvalue weighted by molar-refractivity contribution is -0.145. The number of aryl methyl sites for hydroxylation is 1. The second-order valence-corrected chi connectivity index (χ2v) is 5.68. The molecule has 0 N–H and O–H groups in total. The van der Waals surface area contributed by atoms with E-state index in [1.165, 1.54) is 12.4 Å². The van der Waals surface area contributed by atoms with Crippen molar-refractivity contribution in [2.24, 2.45) is 0 Å². The average Bonchev–Trinajstić information content (AvgIpc) is 2.67. The van der Waals surface area contributed by atoms with Gasteiger partial charge in [-0.05, 0) is 6.92 Å². The van der Waals surface area contributed by atoms with Crippen LogP contribution >= 0.6 is 0 Å². The summed E-state index contributed by atoms with van der Waals surface area (Å²) in [6, 6.07) is 8.96. The van der Waals surface area contributed by atoms with Crippen LogP contribution in [0.2, 0.25) is 0 Å². The third-order valence-corrected chi connectivity index (χ3v) is 3.86. The summed E-state index contributed by atoms with van der Waals surface area (Å²) in [6.45, 7) is 3.68. The molecule has 0 saturated carbocycles. The van der Waals surface area contributed by atoms with Crippen molar-refractivity contribution in [3.63, 3.8) is 0 Å². The minimum absolute atomic E-state index is 0.0707. The smallest absolute Gasteiger partial charge is 0.359 e. The molecule has 130 valence electrons. The summed E-state index contributed by atoms with van der Waals surface area (Å²) in [6.07, 6.45) is 1.81. The van der Waals surface area contributed by atoms with E-state index in [0.29, 0.717) is 37.6 Å². The fraction of sp³-hybridized carbons (Fsp3) is 0.333. The number of carbonyl (C=O) groups excluding carboxylic acids is 2. The Morgan fingerprint density at radius 3 is 2.48 bits per heavy atom. The van der Waals surface area contributed by atoms with Gasteiger partial charge in [0.15, 0.2) is 5.69 Å². The molecule has 0 radical (unpaired) electrons. The molecular formula is C18H19N3O4. The summed E-state index contributed by atoms with van der Waals surface area (Å²) in [5, 5.41) is 0. The molecule has 0 bridgehead atoms. The van der Waals surface area contributed by atoms with Gasteiger partial charge in [0.05, 0.1) is 25.1 Å². The maximum atomic E-state index is 12.9. The van der Waals surface area contributed by atoms with Crippen LogP contribution < -0.4 is 0 Å². The lowest BCUT2D eigenvalue weighted by atomic mass is 10.1. The molecule has 0 aliphatic carbocycles. The molecule has 1 aromatic heterocycles. The first-order chi connectivity index (χ1) is 12.1. The number of esters is 1. The Labute approximate surface area is 145 Å². The highest BCUT2D eigenvalue weighted by Gasteiger charge is 2.31. The molecule has 1 saturated heterocycles. The molecule has 0 unspecified atom stereocenters. The van der Waals surface area contributed by atoms with Crippen LogP contribution in [0.4, 0.5) is 0 Å². The first-order valence-corrected chi connectivity index (χ1v) is 8.06. The molecule has 1 atom stereocenters. The largest absolute Gasteiger partial charge is 0.443 e. The van der Waals surface area contributed by atoms with E-state index in [1.807, 2.05) is 6.07 Å². The van der Waals surface area contributed by atoms with Gasteiger partial charge in [0.1, 0.15) is 0 Å². The topological polar surface area (TPSA) is 81.6 Å². The number of morpholine rings is 1. The second-order valence-electron chi connectivity index (χ2n) is 5.68. The Morgan fingerprint density at radius 2 is 1.84 bits per heavy atom. The predicted molar refractivity (Wildman–Crippen MR) is 88.8 cm³/mol. The van der Waals surface area contributed by atoms with E-state index < -0.39 is 12.1 Å². The molecule has 2 heterocycles. The minimum Gasteiger partial charge on any atom is -0.443 e. The van der Waals surface area contributed by atoms with Crippen molar-refractivity contribution >= 4 is 11.9 Å². The first-order valence-electron chi connectivity index (χ1n) is 8.06. The Morgan fingerprint density at radius 1 is 1.12 bits per heavy atom. The van der Waals surface area contributed by atoms with Crippen molar-refractivity contribution < 1.29 is 19.1 Å². The number of nitrogens with zero attached hydrogens (tertiary/aromatic N) is 3. The van der Waals surface area contributed by atoms with Gasteiger partial charge in [-0.25, -0.2) is 9.78 Å². The Kier molecular flexibility index (Phi) is 5.35. The molecule has 1 amide bonds. The van der Waals surface area contributed by atoms with Crippen molar-refractivity contribution in [1.29, 1.82) is 0 Å². The summed E-state index contributed by atoms with van der Waals surface area (Å²) < 4.78 is 10.8. The maximum Gasteiger partial charge on any atom is 0.359 e. The van der Waals surface area contributed by atoms with Gasteiger partial charge in [0.25, 0.3) is 5.91 Å². The number of ether oxygens (including phenoxy) is 2. The van der Waals surface area contributed by atoms with E-state index in [2.05, 4.69) is 9.97 Å². The molecular weight excluding hydrogens is 322 g/mol. The first kappa shape index (κ1) is 17.0. The van der Waals surface area contributed by atoms with Crippen molar-refractivity contribution in [3.8, 4) is 0 Å². The molecule has 3 rings (SSSR count). The van der Waals surface area contributed by atoms with E-state index >= 15 is 0 Å². The van der Waals surface area contributed by atoms with E-state index in [0.717, 1.165) is 0 Å². The Hall–Kier alpha value is -2.80. The molecule has 1 aliphatic heterocycles. The summed E-state index contributed by atoms with van der Waals surface area (Å²) in [7, 11) is 0. The van der Waals surface area contributed by atoms with Crippen LogP contribution in [0.15, 0.2) is 42.7 Å². The highest BCUT2D eigenvalue weighted by molar-refractivity contribution is 5.91. The number of amides is 1. The molecule has 2 aromatic rings. The monoisotopic (exact) mass is 341 g/mol. The highest BCUT2D eigenvalue weighted by atomic mass is 16.5. The van der Waals surface area contributed by atoms with Gasteiger partial charge in [-0.3, -0.25) is 9.78 Å². The number of benzene rings is 1. The third-order valence-electron chi connectivity index (χ3n) is 3.86. The van der Waals surface area contributed by atoms with Gasteiger partial charge in [-0.2, -0.15) is 0 Å². The fourth-order valence-corrected chi connectivity index (χ4v) is 2.50. The number of hydrogen-bond acceptors (Lipinski definition) is 6. The maximum absolute atomic E-state index is 12.9. The van der Waals surface area contributed by atoms with Crippen molar-refractivity contribution in [2.75, 3.05) is 26.3 Å². The summed E-state index contributed by atoms with van der Waals surface area (Å²) in [5.41, 5.74) is 1.38. The zero-order valence-corrected chi connectivity index (χ0v) is 13.9. The molecule has 1 aromatic carbocycles. The van der Waals surface area contributed by atoms with Crippen molar-refractivity contribution in [1.82, 2.24) is 14.9 Å². The molecule has 1 fully saturated rings. The zero-order valence-electron chi connectivity index (χ0n) is 13.9. The molecule has 7 heteroatoms. The second kappa shape index (κ2) is 7.85. The SMILES string of the molecule is Cc1cnc(C(=O)O[C@@H](C(=O)N2CCOCC2)c2ccccc2)cn1. The lowest BCUT2D eigenvalue weighted by Gasteiger charge is -2.30. The van der Waals surface area contributed by atoms with Crippen LogP contribution in [0.3, 0.4) is 0 Å². The zero-order chi connectivity index (χ0) is 17.6. The Balaban J connectivity index is 1.82. The van der Waals surface area contributed by atoms with E-state index in [1.54, 1.807) is 36.1 Å². The van der Waals surface area contributed by atoms with Gasteiger partial charge in [-0.1, -0.05) is 30.3 Å². The van der Waals surface area contributed by atoms with Crippen molar-refractivity contribution in [3.05, 3.63) is 59.7 Å². The molecule has 7 nitrogen and oxygen atoms in total. The van der Waals surface area contributed by atoms with E-state index in [9.17, 15) is 9.59 Å². The Bertz CT molecular complexity index is 728. The van der Waals surface area contributed by atoms with Crippen LogP contribution in [0.5, 0.6) is 0 Å². The summed E-state index contributed by atoms with van der Waals surface area (Å²) in [5.74, 6) is -0.939. The molecule has 25 heavy (non-hydrogen) atoms. The highest BCUT2D eigenvalue weighted by Crippen LogP contribution is 2.22. The normalized spacial score (nSPS) is 15.5. The van der Waals surface area contributed by atoms with Crippen LogP contribution in [0, 0.1) is 6.92 Å². The summed E-state index contributed by atoms with van der Waals surface area (Å²) >= 11 is 0. The molecule has 0 spiro atoms. The number of rotatable bonds is 4. The van der Waals surface area contributed by atoms with Crippen LogP contribution in [-0.4, -0.2) is 53.0 Å². The van der Waals surface area contributed by atoms with Crippen LogP contribution in [0.25, 0.3) is 0 Å². The summed E-state index contributed by atoms with van der Waals surface area (Å²) in [4.78, 5) is 35.0. The van der Waals surface area contributed by atoms with Gasteiger partial charge in [0, 0.05) is 24.8 Å². The standard InChI is InChI=1S/C18H19N3O4/c1-13-11-20-15(12-19-13)18(23)25-16(14-5-3-2-4-6-14)17(22)21-7-9-24-10-8-21/h2-6,11-12,16H,7-10H2,1H3/t16-/m1/s1.